The number of esters is 1. The third-order valence-corrected chi connectivity index (χ3v) is 2.11. The molecule has 1 rings (SSSR count). The van der Waals surface area contributed by atoms with E-state index >= 15 is 0 Å². The molecule has 0 amide bonds. The number of carbonyl (C=O) groups is 2. The molecule has 1 aromatic carbocycles. The van der Waals surface area contributed by atoms with Gasteiger partial charge < -0.3 is 4.74 Å². The quantitative estimate of drug-likeness (QED) is 0.430. The highest BCUT2D eigenvalue weighted by Crippen LogP contribution is 2.02. The summed E-state index contributed by atoms with van der Waals surface area (Å²) in [7, 11) is 0. The van der Waals surface area contributed by atoms with Crippen molar-refractivity contribution in [1.29, 1.82) is 0 Å². The van der Waals surface area contributed by atoms with Gasteiger partial charge in [-0.05, 0) is 38.0 Å². The second-order valence-electron chi connectivity index (χ2n) is 3.66. The van der Waals surface area contributed by atoms with Gasteiger partial charge in [-0.25, -0.2) is 4.79 Å². The number of ether oxygens (including phenoxy) is 1. The van der Waals surface area contributed by atoms with E-state index in [0.717, 1.165) is 12.8 Å². The van der Waals surface area contributed by atoms with Gasteiger partial charge in [-0.15, -0.1) is 0 Å². The van der Waals surface area contributed by atoms with Crippen LogP contribution in [0, 0.1) is 0 Å². The van der Waals surface area contributed by atoms with E-state index in [2.05, 4.69) is 0 Å². The lowest BCUT2D eigenvalue weighted by Gasteiger charge is -2.03. The number of carbonyl (C=O) groups excluding carboxylic acids is 2. The number of benzene rings is 1. The first-order valence-corrected chi connectivity index (χ1v) is 5.59. The first-order valence-electron chi connectivity index (χ1n) is 5.59. The summed E-state index contributed by atoms with van der Waals surface area (Å²) in [6.07, 6.45) is 4.78. The Kier molecular flexibility index (Phi) is 5.72. The molecule has 3 heteroatoms. The number of rotatable bonds is 6. The Balaban J connectivity index is 2.19. The highest BCUT2D eigenvalue weighted by molar-refractivity contribution is 5.89. The van der Waals surface area contributed by atoms with Crippen LogP contribution in [0.15, 0.2) is 42.5 Å². The molecule has 90 valence electrons. The van der Waals surface area contributed by atoms with Gasteiger partial charge in [0.05, 0.1) is 12.2 Å². The maximum atomic E-state index is 11.5. The van der Waals surface area contributed by atoms with E-state index in [1.54, 1.807) is 30.3 Å². The van der Waals surface area contributed by atoms with Crippen molar-refractivity contribution in [1.82, 2.24) is 0 Å². The highest BCUT2D eigenvalue weighted by atomic mass is 16.5. The van der Waals surface area contributed by atoms with E-state index in [1.807, 2.05) is 6.07 Å². The summed E-state index contributed by atoms with van der Waals surface area (Å²) in [5.74, 6) is -0.271. The van der Waals surface area contributed by atoms with Crippen LogP contribution in [0.1, 0.15) is 30.1 Å². The topological polar surface area (TPSA) is 43.4 Å². The van der Waals surface area contributed by atoms with E-state index in [1.165, 1.54) is 13.0 Å². The monoisotopic (exact) mass is 232 g/mol. The van der Waals surface area contributed by atoms with Crippen molar-refractivity contribution in [3.63, 3.8) is 0 Å². The average molecular weight is 232 g/mol. The largest absolute Gasteiger partial charge is 0.462 e. The molecular formula is C14H16O3. The van der Waals surface area contributed by atoms with Crippen LogP contribution >= 0.6 is 0 Å². The molecule has 0 radical (unpaired) electrons. The van der Waals surface area contributed by atoms with Gasteiger partial charge in [0.25, 0.3) is 0 Å². The zero-order valence-corrected chi connectivity index (χ0v) is 9.89. The molecule has 0 atom stereocenters. The SMILES string of the molecule is CC(=O)/C=C/CCCOC(=O)c1ccccc1. The van der Waals surface area contributed by atoms with Gasteiger partial charge in [-0.1, -0.05) is 24.3 Å². The van der Waals surface area contributed by atoms with E-state index in [4.69, 9.17) is 4.74 Å². The molecule has 17 heavy (non-hydrogen) atoms. The van der Waals surface area contributed by atoms with Gasteiger partial charge >= 0.3 is 5.97 Å². The van der Waals surface area contributed by atoms with Crippen LogP contribution in [0.4, 0.5) is 0 Å². The molecule has 0 bridgehead atoms. The van der Waals surface area contributed by atoms with Crippen LogP contribution in [0.3, 0.4) is 0 Å². The number of hydrogen-bond acceptors (Lipinski definition) is 3. The summed E-state index contributed by atoms with van der Waals surface area (Å²) in [6, 6.07) is 8.89. The predicted molar refractivity (Wildman–Crippen MR) is 65.8 cm³/mol. The Morgan fingerprint density at radius 2 is 1.94 bits per heavy atom. The molecule has 0 spiro atoms. The molecule has 0 N–H and O–H groups in total. The molecule has 0 aliphatic carbocycles. The van der Waals surface area contributed by atoms with Crippen LogP contribution in [0.2, 0.25) is 0 Å². The van der Waals surface area contributed by atoms with Gasteiger partial charge in [0.15, 0.2) is 5.78 Å². The molecule has 0 aromatic heterocycles. The second-order valence-corrected chi connectivity index (χ2v) is 3.66. The van der Waals surface area contributed by atoms with E-state index in [9.17, 15) is 9.59 Å². The van der Waals surface area contributed by atoms with Crippen molar-refractivity contribution >= 4 is 11.8 Å². The molecular weight excluding hydrogens is 216 g/mol. The summed E-state index contributed by atoms with van der Waals surface area (Å²) < 4.78 is 5.08. The third kappa shape index (κ3) is 5.66. The Bertz CT molecular complexity index is 393. The molecule has 3 nitrogen and oxygen atoms in total. The van der Waals surface area contributed by atoms with Crippen LogP contribution in [-0.4, -0.2) is 18.4 Å². The highest BCUT2D eigenvalue weighted by Gasteiger charge is 2.04. The Morgan fingerprint density at radius 3 is 2.59 bits per heavy atom. The average Bonchev–Trinajstić information content (AvgIpc) is 2.34. The molecule has 0 saturated heterocycles. The van der Waals surface area contributed by atoms with Gasteiger partial charge in [-0.3, -0.25) is 4.79 Å². The lowest BCUT2D eigenvalue weighted by Crippen LogP contribution is -2.05. The lowest BCUT2D eigenvalue weighted by atomic mass is 10.2. The third-order valence-electron chi connectivity index (χ3n) is 2.11. The van der Waals surface area contributed by atoms with Gasteiger partial charge in [-0.2, -0.15) is 0 Å². The summed E-state index contributed by atoms with van der Waals surface area (Å²) in [5.41, 5.74) is 0.562. The van der Waals surface area contributed by atoms with Crippen LogP contribution in [0.25, 0.3) is 0 Å². The Morgan fingerprint density at radius 1 is 1.24 bits per heavy atom. The van der Waals surface area contributed by atoms with Gasteiger partial charge in [0.1, 0.15) is 0 Å². The molecule has 0 unspecified atom stereocenters. The fraction of sp³-hybridized carbons (Fsp3) is 0.286. The number of hydrogen-bond donors (Lipinski definition) is 0. The molecule has 0 aliphatic rings. The van der Waals surface area contributed by atoms with Crippen LogP contribution < -0.4 is 0 Å². The van der Waals surface area contributed by atoms with Crippen LogP contribution in [0.5, 0.6) is 0 Å². The zero-order chi connectivity index (χ0) is 12.5. The standard InChI is InChI=1S/C14H16O3/c1-12(15)8-4-3-7-11-17-14(16)13-9-5-2-6-10-13/h2,4-6,8-10H,3,7,11H2,1H3/b8-4+. The first kappa shape index (κ1) is 13.2. The van der Waals surface area contributed by atoms with Gasteiger partial charge in [0, 0.05) is 0 Å². The Hall–Kier alpha value is -1.90. The maximum absolute atomic E-state index is 11.5. The molecule has 0 aliphatic heterocycles. The van der Waals surface area contributed by atoms with Crippen molar-refractivity contribution < 1.29 is 14.3 Å². The maximum Gasteiger partial charge on any atom is 0.338 e. The van der Waals surface area contributed by atoms with Crippen LogP contribution in [-0.2, 0) is 9.53 Å². The van der Waals surface area contributed by atoms with Crippen molar-refractivity contribution in [2.24, 2.45) is 0 Å². The lowest BCUT2D eigenvalue weighted by molar-refractivity contribution is -0.112. The summed E-state index contributed by atoms with van der Waals surface area (Å²) >= 11 is 0. The summed E-state index contributed by atoms with van der Waals surface area (Å²) in [4.78, 5) is 22.1. The number of ketones is 1. The molecule has 0 fully saturated rings. The predicted octanol–water partition coefficient (Wildman–Crippen LogP) is 2.77. The normalized spacial score (nSPS) is 10.4. The minimum Gasteiger partial charge on any atom is -0.462 e. The molecule has 1 aromatic rings. The van der Waals surface area contributed by atoms with Crippen molar-refractivity contribution in [3.8, 4) is 0 Å². The fourth-order valence-corrected chi connectivity index (χ4v) is 1.27. The minimum absolute atomic E-state index is 0.0336. The minimum atomic E-state index is -0.304. The first-order chi connectivity index (χ1) is 8.20. The van der Waals surface area contributed by atoms with Gasteiger partial charge in [0.2, 0.25) is 0 Å². The van der Waals surface area contributed by atoms with E-state index in [0.29, 0.717) is 12.2 Å². The van der Waals surface area contributed by atoms with E-state index in [-0.39, 0.29) is 11.8 Å². The Labute approximate surface area is 101 Å². The number of allylic oxidation sites excluding steroid dienone is 2. The van der Waals surface area contributed by atoms with E-state index < -0.39 is 0 Å². The van der Waals surface area contributed by atoms with Crippen molar-refractivity contribution in [3.05, 3.63) is 48.0 Å². The number of unbranched alkanes of at least 4 members (excludes halogenated alkanes) is 1. The van der Waals surface area contributed by atoms with Crippen molar-refractivity contribution in [2.45, 2.75) is 19.8 Å². The fourth-order valence-electron chi connectivity index (χ4n) is 1.27. The zero-order valence-electron chi connectivity index (χ0n) is 9.89. The summed E-state index contributed by atoms with van der Waals surface area (Å²) in [6.45, 7) is 1.88. The molecule has 0 heterocycles. The smallest absolute Gasteiger partial charge is 0.338 e. The summed E-state index contributed by atoms with van der Waals surface area (Å²) in [5, 5.41) is 0. The second kappa shape index (κ2) is 7.39. The van der Waals surface area contributed by atoms with Crippen molar-refractivity contribution in [2.75, 3.05) is 6.61 Å². The molecule has 0 saturated carbocycles.